The summed E-state index contributed by atoms with van der Waals surface area (Å²) in [6, 6.07) is 16.3. The first-order valence-corrected chi connectivity index (χ1v) is 10.9. The summed E-state index contributed by atoms with van der Waals surface area (Å²) in [6.07, 6.45) is 0.541. The van der Waals surface area contributed by atoms with Crippen molar-refractivity contribution in [3.05, 3.63) is 66.0 Å². The molecule has 1 aromatic heterocycles. The molecule has 31 heavy (non-hydrogen) atoms. The maximum absolute atomic E-state index is 12.3. The number of aromatic nitrogens is 3. The molecular formula is C22H25N5O3S. The molecule has 0 aliphatic heterocycles. The smallest absolute Gasteiger partial charge is 0.251 e. The number of methoxy groups -OCH3 is 1. The van der Waals surface area contributed by atoms with Crippen molar-refractivity contribution in [3.8, 4) is 5.75 Å². The van der Waals surface area contributed by atoms with Gasteiger partial charge < -0.3 is 19.9 Å². The number of rotatable bonds is 10. The summed E-state index contributed by atoms with van der Waals surface area (Å²) in [5.41, 5.74) is 1.33. The van der Waals surface area contributed by atoms with Gasteiger partial charge in [0.05, 0.1) is 12.9 Å². The predicted octanol–water partition coefficient (Wildman–Crippen LogP) is 3.01. The lowest BCUT2D eigenvalue weighted by molar-refractivity contribution is -0.113. The number of benzene rings is 2. The number of carbonyl (C=O) groups is 2. The second-order valence-corrected chi connectivity index (χ2v) is 7.52. The van der Waals surface area contributed by atoms with Gasteiger partial charge in [0.1, 0.15) is 11.6 Å². The highest BCUT2D eigenvalue weighted by Crippen LogP contribution is 2.18. The van der Waals surface area contributed by atoms with Crippen LogP contribution in [-0.2, 0) is 17.8 Å². The number of nitrogens with zero attached hydrogens (tertiary/aromatic N) is 3. The fourth-order valence-electron chi connectivity index (χ4n) is 2.91. The number of carbonyl (C=O) groups excluding carboxylic acids is 2. The summed E-state index contributed by atoms with van der Waals surface area (Å²) < 4.78 is 7.06. The molecule has 0 aliphatic rings. The van der Waals surface area contributed by atoms with Gasteiger partial charge in [-0.2, -0.15) is 0 Å². The van der Waals surface area contributed by atoms with Gasteiger partial charge in [0.15, 0.2) is 5.16 Å². The zero-order valence-corrected chi connectivity index (χ0v) is 18.3. The van der Waals surface area contributed by atoms with Gasteiger partial charge in [-0.15, -0.1) is 10.2 Å². The van der Waals surface area contributed by atoms with Crippen LogP contribution in [0, 0.1) is 0 Å². The Morgan fingerprint density at radius 1 is 1.06 bits per heavy atom. The largest absolute Gasteiger partial charge is 0.497 e. The molecular weight excluding hydrogens is 414 g/mol. The number of para-hydroxylation sites is 1. The van der Waals surface area contributed by atoms with Gasteiger partial charge >= 0.3 is 0 Å². The molecule has 3 rings (SSSR count). The topological polar surface area (TPSA) is 98.1 Å². The van der Waals surface area contributed by atoms with Gasteiger partial charge in [-0.3, -0.25) is 9.59 Å². The Kier molecular flexibility index (Phi) is 8.05. The highest BCUT2D eigenvalue weighted by molar-refractivity contribution is 7.99. The highest BCUT2D eigenvalue weighted by atomic mass is 32.2. The first kappa shape index (κ1) is 22.4. The maximum Gasteiger partial charge on any atom is 0.251 e. The quantitative estimate of drug-likeness (QED) is 0.471. The average Bonchev–Trinajstić information content (AvgIpc) is 3.20. The molecule has 0 radical (unpaired) electrons. The molecule has 0 fully saturated rings. The summed E-state index contributed by atoms with van der Waals surface area (Å²) in [6.45, 7) is 3.11. The van der Waals surface area contributed by atoms with Gasteiger partial charge in [-0.1, -0.05) is 30.0 Å². The zero-order chi connectivity index (χ0) is 22.1. The predicted molar refractivity (Wildman–Crippen MR) is 121 cm³/mol. The van der Waals surface area contributed by atoms with Gasteiger partial charge in [-0.25, -0.2) is 0 Å². The molecule has 1 heterocycles. The molecule has 3 aromatic rings. The van der Waals surface area contributed by atoms with Crippen LogP contribution >= 0.6 is 11.8 Å². The van der Waals surface area contributed by atoms with Crippen molar-refractivity contribution in [3.63, 3.8) is 0 Å². The molecule has 2 N–H and O–H groups in total. The Morgan fingerprint density at radius 2 is 1.81 bits per heavy atom. The maximum atomic E-state index is 12.3. The molecule has 8 nitrogen and oxygen atoms in total. The molecule has 9 heteroatoms. The van der Waals surface area contributed by atoms with Crippen molar-refractivity contribution in [1.29, 1.82) is 0 Å². The number of hydrogen-bond donors (Lipinski definition) is 2. The third-order valence-electron chi connectivity index (χ3n) is 4.49. The van der Waals surface area contributed by atoms with E-state index in [2.05, 4.69) is 20.8 Å². The first-order chi connectivity index (χ1) is 15.1. The minimum Gasteiger partial charge on any atom is -0.497 e. The van der Waals surface area contributed by atoms with Crippen molar-refractivity contribution < 1.29 is 14.3 Å². The minimum absolute atomic E-state index is 0.102. The van der Waals surface area contributed by atoms with Crippen molar-refractivity contribution in [1.82, 2.24) is 20.1 Å². The van der Waals surface area contributed by atoms with Crippen LogP contribution in [0.15, 0.2) is 59.8 Å². The van der Waals surface area contributed by atoms with Crippen molar-refractivity contribution in [2.75, 3.05) is 24.7 Å². The van der Waals surface area contributed by atoms with E-state index in [4.69, 9.17) is 4.74 Å². The van der Waals surface area contributed by atoms with E-state index in [0.717, 1.165) is 11.5 Å². The van der Waals surface area contributed by atoms with Gasteiger partial charge in [0.2, 0.25) is 5.91 Å². The normalized spacial score (nSPS) is 10.5. The summed E-state index contributed by atoms with van der Waals surface area (Å²) in [7, 11) is 1.58. The van der Waals surface area contributed by atoms with Crippen LogP contribution < -0.4 is 15.4 Å². The number of amides is 2. The van der Waals surface area contributed by atoms with Gasteiger partial charge in [0, 0.05) is 30.8 Å². The molecule has 2 amide bonds. The van der Waals surface area contributed by atoms with E-state index in [-0.39, 0.29) is 17.6 Å². The van der Waals surface area contributed by atoms with Crippen LogP contribution in [0.2, 0.25) is 0 Å². The third-order valence-corrected chi connectivity index (χ3v) is 5.45. The standard InChI is InChI=1S/C22H25N5O3S/c1-3-27-19(13-14-23-21(29)16-9-11-18(30-2)12-10-16)25-26-22(27)31-15-20(28)24-17-7-5-4-6-8-17/h4-12H,3,13-15H2,1-2H3,(H,23,29)(H,24,28). The Morgan fingerprint density at radius 3 is 2.48 bits per heavy atom. The fraction of sp³-hybridized carbons (Fsp3) is 0.273. The lowest BCUT2D eigenvalue weighted by Crippen LogP contribution is -2.26. The molecule has 162 valence electrons. The van der Waals surface area contributed by atoms with Crippen LogP contribution in [0.3, 0.4) is 0 Å². The monoisotopic (exact) mass is 439 g/mol. The SMILES string of the molecule is CCn1c(CCNC(=O)c2ccc(OC)cc2)nnc1SCC(=O)Nc1ccccc1. The van der Waals surface area contributed by atoms with E-state index >= 15 is 0 Å². The number of ether oxygens (including phenoxy) is 1. The molecule has 0 saturated heterocycles. The van der Waals surface area contributed by atoms with Crippen LogP contribution in [0.4, 0.5) is 5.69 Å². The van der Waals surface area contributed by atoms with E-state index < -0.39 is 0 Å². The van der Waals surface area contributed by atoms with Gasteiger partial charge in [0.25, 0.3) is 5.91 Å². The number of thioether (sulfide) groups is 1. The van der Waals surface area contributed by atoms with E-state index in [0.29, 0.717) is 36.0 Å². The second kappa shape index (κ2) is 11.2. The summed E-state index contributed by atoms with van der Waals surface area (Å²) >= 11 is 1.34. The van der Waals surface area contributed by atoms with Crippen LogP contribution in [0.25, 0.3) is 0 Å². The number of nitrogens with one attached hydrogen (secondary N) is 2. The van der Waals surface area contributed by atoms with E-state index in [1.165, 1.54) is 11.8 Å². The Balaban J connectivity index is 1.49. The third kappa shape index (κ3) is 6.32. The lowest BCUT2D eigenvalue weighted by Gasteiger charge is -2.09. The Bertz CT molecular complexity index is 1010. The summed E-state index contributed by atoms with van der Waals surface area (Å²) in [5, 5.41) is 14.9. The lowest BCUT2D eigenvalue weighted by atomic mass is 10.2. The van der Waals surface area contributed by atoms with Crippen molar-refractivity contribution in [2.45, 2.75) is 25.0 Å². The molecule has 0 atom stereocenters. The van der Waals surface area contributed by atoms with E-state index in [1.54, 1.807) is 31.4 Å². The summed E-state index contributed by atoms with van der Waals surface area (Å²) in [4.78, 5) is 24.4. The molecule has 0 spiro atoms. The van der Waals surface area contributed by atoms with Crippen LogP contribution in [0.1, 0.15) is 23.1 Å². The number of anilines is 1. The molecule has 0 aliphatic carbocycles. The van der Waals surface area contributed by atoms with Crippen LogP contribution in [0.5, 0.6) is 5.75 Å². The highest BCUT2D eigenvalue weighted by Gasteiger charge is 2.14. The van der Waals surface area contributed by atoms with Crippen molar-refractivity contribution >= 4 is 29.3 Å². The first-order valence-electron chi connectivity index (χ1n) is 9.92. The molecule has 2 aromatic carbocycles. The summed E-state index contributed by atoms with van der Waals surface area (Å²) in [5.74, 6) is 1.45. The zero-order valence-electron chi connectivity index (χ0n) is 17.5. The van der Waals surface area contributed by atoms with E-state index in [9.17, 15) is 9.59 Å². The second-order valence-electron chi connectivity index (χ2n) is 6.58. The average molecular weight is 440 g/mol. The Labute approximate surface area is 185 Å². The minimum atomic E-state index is -0.155. The number of hydrogen-bond acceptors (Lipinski definition) is 6. The molecule has 0 unspecified atom stereocenters. The fourth-order valence-corrected chi connectivity index (χ4v) is 3.73. The van der Waals surface area contributed by atoms with Crippen LogP contribution in [-0.4, -0.2) is 46.0 Å². The molecule has 0 bridgehead atoms. The van der Waals surface area contributed by atoms with E-state index in [1.807, 2.05) is 41.8 Å². The van der Waals surface area contributed by atoms with Gasteiger partial charge in [-0.05, 0) is 43.3 Å². The Hall–Kier alpha value is -3.33. The van der Waals surface area contributed by atoms with Crippen molar-refractivity contribution in [2.24, 2.45) is 0 Å². The molecule has 0 saturated carbocycles.